The fourth-order valence-electron chi connectivity index (χ4n) is 7.98. The maximum absolute atomic E-state index is 6.59. The van der Waals surface area contributed by atoms with E-state index >= 15 is 0 Å². The van der Waals surface area contributed by atoms with Crippen LogP contribution in [0.25, 0.3) is 111 Å². The Morgan fingerprint density at radius 2 is 0.945 bits per heavy atom. The van der Waals surface area contributed by atoms with Crippen LogP contribution in [0.2, 0.25) is 0 Å². The third-order valence-electron chi connectivity index (χ3n) is 10.6. The molecule has 0 fully saturated rings. The Balaban J connectivity index is 1.08. The van der Waals surface area contributed by atoms with Crippen molar-refractivity contribution in [3.63, 3.8) is 0 Å². The van der Waals surface area contributed by atoms with Crippen LogP contribution in [0.4, 0.5) is 0 Å². The SMILES string of the molecule is c1ccc(-c2nc(-c3ccc(-c4cc5ccc6ccccc6c5c5cccnc45)cc3)nc(-c3ccc(-c4ccccc4)c4oc5ccccc5c34)n2)cc1. The summed E-state index contributed by atoms with van der Waals surface area (Å²) in [5.41, 5.74) is 9.56. The molecule has 0 saturated heterocycles. The molecule has 0 saturated carbocycles. The van der Waals surface area contributed by atoms with Gasteiger partial charge in [-0.3, -0.25) is 4.98 Å². The number of para-hydroxylation sites is 1. The summed E-state index contributed by atoms with van der Waals surface area (Å²) in [4.78, 5) is 20.3. The van der Waals surface area contributed by atoms with Crippen LogP contribution in [0.1, 0.15) is 0 Å². The van der Waals surface area contributed by atoms with Crippen molar-refractivity contribution < 1.29 is 4.42 Å². The lowest BCUT2D eigenvalue weighted by Gasteiger charge is -2.13. The maximum atomic E-state index is 6.59. The van der Waals surface area contributed by atoms with E-state index in [1.54, 1.807) is 0 Å². The van der Waals surface area contributed by atoms with Gasteiger partial charge in [0.25, 0.3) is 0 Å². The summed E-state index contributed by atoms with van der Waals surface area (Å²) in [6.45, 7) is 0. The minimum absolute atomic E-state index is 0.584. The molecule has 11 aromatic rings. The van der Waals surface area contributed by atoms with Crippen LogP contribution in [0.3, 0.4) is 0 Å². The highest BCUT2D eigenvalue weighted by molar-refractivity contribution is 6.22. The minimum atomic E-state index is 0.584. The molecule has 55 heavy (non-hydrogen) atoms. The number of benzene rings is 8. The molecule has 0 bridgehead atoms. The van der Waals surface area contributed by atoms with Crippen molar-refractivity contribution in [3.8, 4) is 56.4 Å². The Morgan fingerprint density at radius 1 is 0.364 bits per heavy atom. The zero-order valence-electron chi connectivity index (χ0n) is 29.5. The summed E-state index contributed by atoms with van der Waals surface area (Å²) in [7, 11) is 0. The molecule has 0 aliphatic carbocycles. The first-order valence-electron chi connectivity index (χ1n) is 18.4. The number of aromatic nitrogens is 4. The number of pyridine rings is 1. The van der Waals surface area contributed by atoms with Crippen LogP contribution in [0.5, 0.6) is 0 Å². The quantitative estimate of drug-likeness (QED) is 0.167. The smallest absolute Gasteiger partial charge is 0.164 e. The van der Waals surface area contributed by atoms with Gasteiger partial charge in [0.15, 0.2) is 17.5 Å². The average Bonchev–Trinajstić information content (AvgIpc) is 3.66. The molecular formula is C50H30N4O. The third kappa shape index (κ3) is 5.17. The summed E-state index contributed by atoms with van der Waals surface area (Å²) < 4.78 is 6.59. The monoisotopic (exact) mass is 702 g/mol. The zero-order valence-corrected chi connectivity index (χ0v) is 29.5. The van der Waals surface area contributed by atoms with Crippen molar-refractivity contribution in [2.75, 3.05) is 0 Å². The van der Waals surface area contributed by atoms with Crippen molar-refractivity contribution in [3.05, 3.63) is 182 Å². The maximum Gasteiger partial charge on any atom is 0.164 e. The van der Waals surface area contributed by atoms with Gasteiger partial charge in [0.1, 0.15) is 11.2 Å². The topological polar surface area (TPSA) is 64.7 Å². The van der Waals surface area contributed by atoms with E-state index in [-0.39, 0.29) is 0 Å². The van der Waals surface area contributed by atoms with Crippen molar-refractivity contribution in [2.24, 2.45) is 0 Å². The molecule has 5 heteroatoms. The fourth-order valence-corrected chi connectivity index (χ4v) is 7.98. The predicted octanol–water partition coefficient (Wildman–Crippen LogP) is 13.0. The van der Waals surface area contributed by atoms with Crippen molar-refractivity contribution in [2.45, 2.75) is 0 Å². The number of furan rings is 1. The summed E-state index contributed by atoms with van der Waals surface area (Å²) in [5, 5.41) is 8.00. The molecule has 0 spiro atoms. The number of hydrogen-bond acceptors (Lipinski definition) is 5. The molecule has 3 heterocycles. The first kappa shape index (κ1) is 31.1. The van der Waals surface area contributed by atoms with Crippen LogP contribution in [0.15, 0.2) is 187 Å². The van der Waals surface area contributed by atoms with Gasteiger partial charge in [-0.15, -0.1) is 0 Å². The molecule has 3 aromatic heterocycles. The Hall–Kier alpha value is -7.50. The standard InChI is InChI=1S/C50H30N4O/c1-3-12-31(13-4-1)38-27-28-41(45-39-18-9-10-20-43(39)55-47(38)45)50-53-48(34-15-5-2-6-16-34)52-49(54-50)35-24-21-33(22-25-35)42-30-36-26-23-32-14-7-8-17-37(32)44(36)40-19-11-29-51-46(40)42/h1-30H. The molecule has 0 unspecified atom stereocenters. The Bertz CT molecular complexity index is 3250. The number of fused-ring (bicyclic) bond motifs is 8. The van der Waals surface area contributed by atoms with Gasteiger partial charge in [-0.2, -0.15) is 0 Å². The molecule has 8 aromatic carbocycles. The minimum Gasteiger partial charge on any atom is -0.455 e. The van der Waals surface area contributed by atoms with E-state index in [1.165, 1.54) is 21.5 Å². The lowest BCUT2D eigenvalue weighted by Crippen LogP contribution is -2.00. The van der Waals surface area contributed by atoms with Crippen molar-refractivity contribution in [1.82, 2.24) is 19.9 Å². The third-order valence-corrected chi connectivity index (χ3v) is 10.6. The van der Waals surface area contributed by atoms with E-state index in [4.69, 9.17) is 24.4 Å². The zero-order chi connectivity index (χ0) is 36.3. The molecule has 0 aliphatic heterocycles. The van der Waals surface area contributed by atoms with E-state index in [1.807, 2.05) is 79.0 Å². The second-order valence-electron chi connectivity index (χ2n) is 13.8. The van der Waals surface area contributed by atoms with Crippen LogP contribution < -0.4 is 0 Å². The van der Waals surface area contributed by atoms with E-state index in [0.717, 1.165) is 71.8 Å². The summed E-state index contributed by atoms with van der Waals surface area (Å²) >= 11 is 0. The normalized spacial score (nSPS) is 11.6. The van der Waals surface area contributed by atoms with Crippen molar-refractivity contribution >= 4 is 54.4 Å². The molecule has 0 amide bonds. The fraction of sp³-hybridized carbons (Fsp3) is 0. The van der Waals surface area contributed by atoms with Crippen molar-refractivity contribution in [1.29, 1.82) is 0 Å². The van der Waals surface area contributed by atoms with E-state index in [2.05, 4.69) is 103 Å². The van der Waals surface area contributed by atoms with Gasteiger partial charge < -0.3 is 4.42 Å². The molecule has 11 rings (SSSR count). The van der Waals surface area contributed by atoms with Crippen LogP contribution >= 0.6 is 0 Å². The second-order valence-corrected chi connectivity index (χ2v) is 13.8. The van der Waals surface area contributed by atoms with Gasteiger partial charge in [-0.1, -0.05) is 146 Å². The lowest BCUT2D eigenvalue weighted by molar-refractivity contribution is 0.670. The summed E-state index contributed by atoms with van der Waals surface area (Å²) in [6, 6.07) is 60.8. The summed E-state index contributed by atoms with van der Waals surface area (Å²) in [5.74, 6) is 1.78. The average molecular weight is 703 g/mol. The Morgan fingerprint density at radius 3 is 1.75 bits per heavy atom. The molecule has 256 valence electrons. The number of rotatable bonds is 5. The van der Waals surface area contributed by atoms with E-state index in [0.29, 0.717) is 17.5 Å². The van der Waals surface area contributed by atoms with Gasteiger partial charge in [0.05, 0.1) is 5.52 Å². The number of hydrogen-bond donors (Lipinski definition) is 0. The highest BCUT2D eigenvalue weighted by atomic mass is 16.3. The van der Waals surface area contributed by atoms with E-state index in [9.17, 15) is 0 Å². The molecule has 0 atom stereocenters. The van der Waals surface area contributed by atoms with Gasteiger partial charge in [0, 0.05) is 50.2 Å². The highest BCUT2D eigenvalue weighted by Gasteiger charge is 2.21. The first-order valence-corrected chi connectivity index (χ1v) is 18.4. The molecule has 0 radical (unpaired) electrons. The predicted molar refractivity (Wildman–Crippen MR) is 225 cm³/mol. The largest absolute Gasteiger partial charge is 0.455 e. The molecule has 0 N–H and O–H groups in total. The molecule has 5 nitrogen and oxygen atoms in total. The van der Waals surface area contributed by atoms with Crippen LogP contribution in [-0.4, -0.2) is 19.9 Å². The van der Waals surface area contributed by atoms with Gasteiger partial charge >= 0.3 is 0 Å². The van der Waals surface area contributed by atoms with Gasteiger partial charge in [0.2, 0.25) is 0 Å². The second kappa shape index (κ2) is 12.6. The molecular weight excluding hydrogens is 673 g/mol. The summed E-state index contributed by atoms with van der Waals surface area (Å²) in [6.07, 6.45) is 1.88. The van der Waals surface area contributed by atoms with Gasteiger partial charge in [-0.05, 0) is 63.0 Å². The van der Waals surface area contributed by atoms with Crippen LogP contribution in [-0.2, 0) is 0 Å². The van der Waals surface area contributed by atoms with Crippen LogP contribution in [0, 0.1) is 0 Å². The van der Waals surface area contributed by atoms with E-state index < -0.39 is 0 Å². The molecule has 0 aliphatic rings. The number of nitrogens with zero attached hydrogens (tertiary/aromatic N) is 4. The highest BCUT2D eigenvalue weighted by Crippen LogP contribution is 2.42. The van der Waals surface area contributed by atoms with Gasteiger partial charge in [-0.25, -0.2) is 15.0 Å². The Labute approximate surface area is 316 Å². The first-order chi connectivity index (χ1) is 27.3. The Kier molecular flexibility index (Phi) is 7.10. The lowest BCUT2D eigenvalue weighted by atomic mass is 9.93.